The first-order valence-electron chi connectivity index (χ1n) is 8.99. The third kappa shape index (κ3) is 4.99. The zero-order valence-electron chi connectivity index (χ0n) is 16.1. The Labute approximate surface area is 156 Å². The number of para-hydroxylation sites is 1. The zero-order valence-corrected chi connectivity index (χ0v) is 16.1. The molecule has 1 aliphatic rings. The minimum absolute atomic E-state index is 0.373. The van der Waals surface area contributed by atoms with Crippen molar-refractivity contribution >= 4 is 5.90 Å². The van der Waals surface area contributed by atoms with Gasteiger partial charge in [-0.1, -0.05) is 38.3 Å². The van der Waals surface area contributed by atoms with Gasteiger partial charge >= 0.3 is 0 Å². The summed E-state index contributed by atoms with van der Waals surface area (Å²) in [5.41, 5.74) is 2.47. The lowest BCUT2D eigenvalue weighted by atomic mass is 10.2. The molecule has 1 aromatic rings. The molecule has 0 aromatic heterocycles. The summed E-state index contributed by atoms with van der Waals surface area (Å²) >= 11 is 0. The number of hydrogen-bond donors (Lipinski definition) is 0. The van der Waals surface area contributed by atoms with E-state index in [1.165, 1.54) is 0 Å². The van der Waals surface area contributed by atoms with Crippen LogP contribution < -0.4 is 4.74 Å². The Morgan fingerprint density at radius 3 is 2.85 bits per heavy atom. The van der Waals surface area contributed by atoms with E-state index in [1.807, 2.05) is 37.3 Å². The largest absolute Gasteiger partial charge is 0.491 e. The highest BCUT2D eigenvalue weighted by atomic mass is 16.5. The zero-order chi connectivity index (χ0) is 18.9. The first-order valence-corrected chi connectivity index (χ1v) is 8.99. The van der Waals surface area contributed by atoms with E-state index in [0.717, 1.165) is 42.2 Å². The first-order chi connectivity index (χ1) is 12.6. The highest BCUT2D eigenvalue weighted by Gasteiger charge is 2.22. The highest BCUT2D eigenvalue weighted by molar-refractivity contribution is 5.97. The van der Waals surface area contributed by atoms with Gasteiger partial charge in [0.15, 0.2) is 0 Å². The summed E-state index contributed by atoms with van der Waals surface area (Å²) in [6, 6.07) is 7.81. The molecule has 0 atom stereocenters. The average molecular weight is 355 g/mol. The van der Waals surface area contributed by atoms with E-state index < -0.39 is 0 Å². The first kappa shape index (κ1) is 19.8. The van der Waals surface area contributed by atoms with Gasteiger partial charge in [-0.25, -0.2) is 5.01 Å². The van der Waals surface area contributed by atoms with E-state index in [1.54, 1.807) is 11.1 Å². The lowest BCUT2D eigenvalue weighted by Gasteiger charge is -2.28. The van der Waals surface area contributed by atoms with Gasteiger partial charge in [-0.15, -0.1) is 5.10 Å². The Morgan fingerprint density at radius 1 is 1.38 bits per heavy atom. The van der Waals surface area contributed by atoms with Crippen LogP contribution in [0.15, 0.2) is 66.1 Å². The van der Waals surface area contributed by atoms with Crippen LogP contribution in [0, 0.1) is 0 Å². The molecule has 5 heteroatoms. The molecule has 0 N–H and O–H groups in total. The summed E-state index contributed by atoms with van der Waals surface area (Å²) in [5.74, 6) is 1.29. The monoisotopic (exact) mass is 355 g/mol. The molecule has 140 valence electrons. The second-order valence-electron chi connectivity index (χ2n) is 6.14. The summed E-state index contributed by atoms with van der Waals surface area (Å²) in [6.45, 7) is 14.9. The van der Waals surface area contributed by atoms with Crippen LogP contribution in [0.5, 0.6) is 5.75 Å². The van der Waals surface area contributed by atoms with E-state index >= 15 is 0 Å². The Balaban J connectivity index is 2.19. The molecule has 1 aliphatic heterocycles. The van der Waals surface area contributed by atoms with Crippen LogP contribution in [0.4, 0.5) is 0 Å². The molecule has 1 aromatic carbocycles. The summed E-state index contributed by atoms with van der Waals surface area (Å²) in [6.07, 6.45) is 4.83. The minimum atomic E-state index is 0.373. The van der Waals surface area contributed by atoms with Crippen LogP contribution >= 0.6 is 0 Å². The lowest BCUT2D eigenvalue weighted by Crippen LogP contribution is -2.28. The molecule has 0 saturated carbocycles. The number of allylic oxidation sites excluding steroid dienone is 2. The quantitative estimate of drug-likeness (QED) is 0.628. The van der Waals surface area contributed by atoms with Crippen molar-refractivity contribution in [2.24, 2.45) is 5.10 Å². The summed E-state index contributed by atoms with van der Waals surface area (Å²) in [4.78, 5) is 2.26. The van der Waals surface area contributed by atoms with E-state index in [9.17, 15) is 0 Å². The minimum Gasteiger partial charge on any atom is -0.491 e. The van der Waals surface area contributed by atoms with Gasteiger partial charge in [0.05, 0.1) is 17.0 Å². The van der Waals surface area contributed by atoms with Gasteiger partial charge in [0, 0.05) is 6.54 Å². The molecule has 0 radical (unpaired) electrons. The van der Waals surface area contributed by atoms with Gasteiger partial charge in [0.1, 0.15) is 19.0 Å². The SMILES string of the molecule is C=C/C(=C\C)N1N=C(c2ccccc2OCCN(C)CCC)OCC1=C. The van der Waals surface area contributed by atoms with Crippen molar-refractivity contribution in [2.75, 3.05) is 33.4 Å². The molecule has 26 heavy (non-hydrogen) atoms. The van der Waals surface area contributed by atoms with Crippen molar-refractivity contribution in [1.29, 1.82) is 0 Å². The smallest absolute Gasteiger partial charge is 0.243 e. The molecule has 0 aliphatic carbocycles. The second kappa shape index (κ2) is 9.82. The van der Waals surface area contributed by atoms with E-state index in [2.05, 4.69) is 37.1 Å². The number of nitrogens with zero attached hydrogens (tertiary/aromatic N) is 3. The summed E-state index contributed by atoms with van der Waals surface area (Å²) < 4.78 is 11.8. The van der Waals surface area contributed by atoms with Crippen molar-refractivity contribution in [3.05, 3.63) is 66.5 Å². The third-order valence-electron chi connectivity index (χ3n) is 4.07. The predicted molar refractivity (Wildman–Crippen MR) is 107 cm³/mol. The fourth-order valence-electron chi connectivity index (χ4n) is 2.68. The van der Waals surface area contributed by atoms with Crippen molar-refractivity contribution in [3.8, 4) is 5.75 Å². The predicted octanol–water partition coefficient (Wildman–Crippen LogP) is 4.00. The lowest BCUT2D eigenvalue weighted by molar-refractivity contribution is 0.232. The normalized spacial score (nSPS) is 14.9. The van der Waals surface area contributed by atoms with Gasteiger partial charge in [0.2, 0.25) is 5.90 Å². The Kier molecular flexibility index (Phi) is 7.48. The molecule has 0 saturated heterocycles. The van der Waals surface area contributed by atoms with Gasteiger partial charge < -0.3 is 14.4 Å². The van der Waals surface area contributed by atoms with Crippen LogP contribution in [0.3, 0.4) is 0 Å². The average Bonchev–Trinajstić information content (AvgIpc) is 2.65. The third-order valence-corrected chi connectivity index (χ3v) is 4.07. The molecular weight excluding hydrogens is 326 g/mol. The van der Waals surface area contributed by atoms with Gasteiger partial charge in [-0.05, 0) is 45.1 Å². The molecule has 2 rings (SSSR count). The number of ether oxygens (including phenoxy) is 2. The number of hydrogen-bond acceptors (Lipinski definition) is 5. The van der Waals surface area contributed by atoms with E-state index in [0.29, 0.717) is 19.1 Å². The van der Waals surface area contributed by atoms with Crippen molar-refractivity contribution in [1.82, 2.24) is 9.91 Å². The summed E-state index contributed by atoms with van der Waals surface area (Å²) in [5, 5.41) is 6.37. The fourth-order valence-corrected chi connectivity index (χ4v) is 2.68. The maximum Gasteiger partial charge on any atom is 0.243 e. The fraction of sp³-hybridized carbons (Fsp3) is 0.381. The number of benzene rings is 1. The Morgan fingerprint density at radius 2 is 2.15 bits per heavy atom. The molecular formula is C21H29N3O2. The summed E-state index contributed by atoms with van der Waals surface area (Å²) in [7, 11) is 2.10. The number of rotatable bonds is 9. The van der Waals surface area contributed by atoms with Gasteiger partial charge in [-0.3, -0.25) is 0 Å². The van der Waals surface area contributed by atoms with Gasteiger partial charge in [0.25, 0.3) is 0 Å². The second-order valence-corrected chi connectivity index (χ2v) is 6.14. The topological polar surface area (TPSA) is 37.3 Å². The molecule has 0 fully saturated rings. The molecule has 0 spiro atoms. The van der Waals surface area contributed by atoms with Crippen LogP contribution in [-0.4, -0.2) is 49.2 Å². The maximum atomic E-state index is 6.00. The van der Waals surface area contributed by atoms with Crippen molar-refractivity contribution in [2.45, 2.75) is 20.3 Å². The molecule has 0 bridgehead atoms. The highest BCUT2D eigenvalue weighted by Crippen LogP contribution is 2.25. The van der Waals surface area contributed by atoms with E-state index in [4.69, 9.17) is 9.47 Å². The van der Waals surface area contributed by atoms with Crippen LogP contribution in [0.1, 0.15) is 25.8 Å². The number of likely N-dealkylation sites (N-methyl/N-ethyl adjacent to an activating group) is 1. The van der Waals surface area contributed by atoms with Crippen molar-refractivity contribution < 1.29 is 9.47 Å². The van der Waals surface area contributed by atoms with Crippen molar-refractivity contribution in [3.63, 3.8) is 0 Å². The number of hydrazone groups is 1. The van der Waals surface area contributed by atoms with Crippen LogP contribution in [0.2, 0.25) is 0 Å². The van der Waals surface area contributed by atoms with Gasteiger partial charge in [-0.2, -0.15) is 0 Å². The molecule has 5 nitrogen and oxygen atoms in total. The maximum absolute atomic E-state index is 6.00. The Hall–Kier alpha value is -2.53. The standard InChI is InChI=1S/C21H29N3O2/c1-6-13-23(5)14-15-25-20-12-10-9-11-19(20)21-22-24(17(4)16-26-21)18(7-2)8-3/h7-12H,2,4,6,13-16H2,1,3,5H3/b18-8+. The molecule has 0 amide bonds. The van der Waals surface area contributed by atoms with Crippen LogP contribution in [-0.2, 0) is 4.74 Å². The Bertz CT molecular complexity index is 694. The van der Waals surface area contributed by atoms with Crippen LogP contribution in [0.25, 0.3) is 0 Å². The molecule has 0 unspecified atom stereocenters. The molecule has 1 heterocycles. The van der Waals surface area contributed by atoms with E-state index in [-0.39, 0.29) is 0 Å².